The van der Waals surface area contributed by atoms with E-state index in [-0.39, 0.29) is 0 Å². The summed E-state index contributed by atoms with van der Waals surface area (Å²) in [5, 5.41) is 3.71. The largest absolute Gasteiger partial charge is 0.122 e. The molecule has 0 heterocycles. The minimum absolute atomic E-state index is 0.459. The van der Waals surface area contributed by atoms with Gasteiger partial charge in [-0.3, -0.25) is 0 Å². The molecule has 0 saturated heterocycles. The molecule has 21 heavy (non-hydrogen) atoms. The predicted octanol–water partition coefficient (Wildman–Crippen LogP) is 4.24. The van der Waals surface area contributed by atoms with Crippen molar-refractivity contribution in [3.8, 4) is 0 Å². The summed E-state index contributed by atoms with van der Waals surface area (Å²) in [6.07, 6.45) is 2.19. The molecule has 0 aliphatic carbocycles. The van der Waals surface area contributed by atoms with Crippen molar-refractivity contribution in [2.75, 3.05) is 0 Å². The van der Waals surface area contributed by atoms with Crippen molar-refractivity contribution >= 4 is 31.5 Å². The molecule has 0 saturated carbocycles. The zero-order valence-electron chi connectivity index (χ0n) is 13.3. The first-order chi connectivity index (χ1) is 10.0. The Morgan fingerprint density at radius 3 is 2.14 bits per heavy atom. The number of aryl methyl sites for hydroxylation is 2. The summed E-state index contributed by atoms with van der Waals surface area (Å²) in [6, 6.07) is 13.3. The molecule has 0 aromatic heterocycles. The molecule has 0 aliphatic heterocycles. The van der Waals surface area contributed by atoms with Crippen LogP contribution in [0.15, 0.2) is 36.4 Å². The number of rotatable bonds is 5. The van der Waals surface area contributed by atoms with Gasteiger partial charge >= 0.3 is 0 Å². The Morgan fingerprint density at radius 1 is 1.00 bits per heavy atom. The van der Waals surface area contributed by atoms with Crippen LogP contribution in [-0.2, 0) is 12.8 Å². The third-order valence-electron chi connectivity index (χ3n) is 3.78. The monoisotopic (exact) mass is 314 g/mol. The van der Waals surface area contributed by atoms with Gasteiger partial charge in [0.1, 0.15) is 9.52 Å². The molecule has 0 fully saturated rings. The van der Waals surface area contributed by atoms with Crippen LogP contribution >= 0.6 is 11.6 Å². The smallest absolute Gasteiger partial charge is 0.0840 e. The fourth-order valence-corrected chi connectivity index (χ4v) is 4.67. The average molecular weight is 315 g/mol. The van der Waals surface area contributed by atoms with Gasteiger partial charge in [0.2, 0.25) is 0 Å². The fraction of sp³-hybridized carbons (Fsp3) is 0.368. The van der Waals surface area contributed by atoms with Crippen LogP contribution in [-0.4, -0.2) is 9.52 Å². The molecule has 0 nitrogen and oxygen atoms in total. The lowest BCUT2D eigenvalue weighted by atomic mass is 10.0. The first-order valence-electron chi connectivity index (χ1n) is 7.73. The van der Waals surface area contributed by atoms with Crippen molar-refractivity contribution in [1.29, 1.82) is 0 Å². The second kappa shape index (κ2) is 7.28. The number of hydrogen-bond acceptors (Lipinski definition) is 0. The van der Waals surface area contributed by atoms with Gasteiger partial charge in [-0.2, -0.15) is 0 Å². The Morgan fingerprint density at radius 2 is 1.62 bits per heavy atom. The highest BCUT2D eigenvalue weighted by atomic mass is 35.5. The fourth-order valence-electron chi connectivity index (χ4n) is 2.63. The second-order valence-corrected chi connectivity index (χ2v) is 7.50. The van der Waals surface area contributed by atoms with E-state index in [4.69, 9.17) is 11.6 Å². The van der Waals surface area contributed by atoms with Gasteiger partial charge in [-0.1, -0.05) is 80.0 Å². The van der Waals surface area contributed by atoms with Crippen molar-refractivity contribution < 1.29 is 0 Å². The van der Waals surface area contributed by atoms with Gasteiger partial charge in [0, 0.05) is 5.02 Å². The Labute approximate surface area is 136 Å². The highest BCUT2D eigenvalue weighted by molar-refractivity contribution is 6.68. The Kier molecular flexibility index (Phi) is 5.66. The van der Waals surface area contributed by atoms with Crippen LogP contribution in [0.1, 0.15) is 50.3 Å². The standard InChI is InChI=1S/C19H23ClSi/c1-5-14-10-15(6-2)12-16(11-14)21-18-9-7-8-17(20)19(18)13(3)4/h7-13H,5-6H2,1-4H3. The Hall–Kier alpha value is -1.05. The molecule has 2 rings (SSSR count). The van der Waals surface area contributed by atoms with Crippen LogP contribution in [0.4, 0.5) is 0 Å². The van der Waals surface area contributed by atoms with E-state index in [1.54, 1.807) is 0 Å². The van der Waals surface area contributed by atoms with E-state index < -0.39 is 0 Å². The zero-order chi connectivity index (χ0) is 15.4. The first kappa shape index (κ1) is 16.3. The van der Waals surface area contributed by atoms with E-state index in [0.717, 1.165) is 17.9 Å². The highest BCUT2D eigenvalue weighted by Gasteiger charge is 2.12. The number of hydrogen-bond donors (Lipinski definition) is 0. The summed E-state index contributed by atoms with van der Waals surface area (Å²) in [7, 11) is 0.679. The molecular formula is C19H23ClSi. The van der Waals surface area contributed by atoms with Crippen molar-refractivity contribution in [2.24, 2.45) is 0 Å². The maximum Gasteiger partial charge on any atom is 0.122 e. The molecule has 0 unspecified atom stereocenters. The summed E-state index contributed by atoms with van der Waals surface area (Å²) >= 11 is 6.41. The molecular weight excluding hydrogens is 292 g/mol. The van der Waals surface area contributed by atoms with Crippen LogP contribution < -0.4 is 10.4 Å². The molecule has 2 radical (unpaired) electrons. The van der Waals surface area contributed by atoms with E-state index in [1.807, 2.05) is 6.07 Å². The van der Waals surface area contributed by atoms with Crippen molar-refractivity contribution in [1.82, 2.24) is 0 Å². The summed E-state index contributed by atoms with van der Waals surface area (Å²) in [5.41, 5.74) is 4.17. The Balaban J connectivity index is 2.40. The van der Waals surface area contributed by atoms with Gasteiger partial charge in [0.05, 0.1) is 0 Å². The quantitative estimate of drug-likeness (QED) is 0.724. The topological polar surface area (TPSA) is 0 Å². The van der Waals surface area contributed by atoms with Gasteiger partial charge < -0.3 is 0 Å². The number of benzene rings is 2. The second-order valence-electron chi connectivity index (χ2n) is 5.73. The van der Waals surface area contributed by atoms with Crippen LogP contribution in [0.25, 0.3) is 0 Å². The third-order valence-corrected chi connectivity index (χ3v) is 5.39. The van der Waals surface area contributed by atoms with Crippen molar-refractivity contribution in [2.45, 2.75) is 46.5 Å². The molecule has 0 atom stereocenters. The average Bonchev–Trinajstić information content (AvgIpc) is 2.46. The normalized spacial score (nSPS) is 11.1. The predicted molar refractivity (Wildman–Crippen MR) is 95.8 cm³/mol. The molecule has 0 aliphatic rings. The van der Waals surface area contributed by atoms with E-state index in [0.29, 0.717) is 15.4 Å². The van der Waals surface area contributed by atoms with Crippen LogP contribution in [0.5, 0.6) is 0 Å². The van der Waals surface area contributed by atoms with Crippen LogP contribution in [0, 0.1) is 0 Å². The van der Waals surface area contributed by atoms with Gasteiger partial charge in [-0.05, 0) is 41.5 Å². The summed E-state index contributed by atoms with van der Waals surface area (Å²) in [6.45, 7) is 8.88. The molecule has 0 bridgehead atoms. The van der Waals surface area contributed by atoms with Crippen LogP contribution in [0.2, 0.25) is 5.02 Å². The minimum atomic E-state index is 0.459. The minimum Gasteiger partial charge on any atom is -0.0840 e. The molecule has 0 spiro atoms. The van der Waals surface area contributed by atoms with Gasteiger partial charge in [-0.25, -0.2) is 0 Å². The maximum absolute atomic E-state index is 6.41. The molecule has 2 aromatic carbocycles. The molecule has 0 amide bonds. The summed E-state index contributed by atoms with van der Waals surface area (Å²) in [4.78, 5) is 0. The lowest BCUT2D eigenvalue weighted by Gasteiger charge is -2.15. The van der Waals surface area contributed by atoms with E-state index >= 15 is 0 Å². The van der Waals surface area contributed by atoms with Gasteiger partial charge in [0.25, 0.3) is 0 Å². The highest BCUT2D eigenvalue weighted by Crippen LogP contribution is 2.21. The lowest BCUT2D eigenvalue weighted by molar-refractivity contribution is 0.873. The number of halogens is 1. The van der Waals surface area contributed by atoms with E-state index in [1.165, 1.54) is 27.1 Å². The molecule has 0 N–H and O–H groups in total. The third kappa shape index (κ3) is 3.99. The van der Waals surface area contributed by atoms with Crippen molar-refractivity contribution in [3.05, 3.63) is 58.1 Å². The van der Waals surface area contributed by atoms with Crippen molar-refractivity contribution in [3.63, 3.8) is 0 Å². The zero-order valence-corrected chi connectivity index (χ0v) is 15.1. The van der Waals surface area contributed by atoms with E-state index in [9.17, 15) is 0 Å². The molecule has 2 aromatic rings. The summed E-state index contributed by atoms with van der Waals surface area (Å²) in [5.74, 6) is 0.459. The maximum atomic E-state index is 6.41. The van der Waals surface area contributed by atoms with Crippen LogP contribution in [0.3, 0.4) is 0 Å². The molecule has 2 heteroatoms. The van der Waals surface area contributed by atoms with E-state index in [2.05, 4.69) is 58.0 Å². The van der Waals surface area contributed by atoms with Gasteiger partial charge in [-0.15, -0.1) is 0 Å². The lowest BCUT2D eigenvalue weighted by Crippen LogP contribution is -2.31. The van der Waals surface area contributed by atoms with Gasteiger partial charge in [0.15, 0.2) is 0 Å². The first-order valence-corrected chi connectivity index (χ1v) is 9.11. The Bertz CT molecular complexity index is 595. The summed E-state index contributed by atoms with van der Waals surface area (Å²) < 4.78 is 0. The SMILES string of the molecule is CCc1cc(CC)cc([Si]c2cccc(Cl)c2C(C)C)c1. The molecule has 110 valence electrons.